The molecule has 244 valence electrons. The van der Waals surface area contributed by atoms with Crippen molar-refractivity contribution in [3.8, 4) is 0 Å². The number of nitrogens with two attached hydrogens (primary N) is 2. The van der Waals surface area contributed by atoms with Gasteiger partial charge in [-0.25, -0.2) is 23.4 Å². The number of aryl methyl sites for hydroxylation is 3. The molecule has 46 heavy (non-hydrogen) atoms. The highest BCUT2D eigenvalue weighted by Gasteiger charge is 2.27. The summed E-state index contributed by atoms with van der Waals surface area (Å²) in [6.45, 7) is 6.76. The molecule has 0 bridgehead atoms. The number of nitrogens with one attached hydrogen (secondary N) is 1. The van der Waals surface area contributed by atoms with Crippen LogP contribution in [0.2, 0.25) is 0 Å². The van der Waals surface area contributed by atoms with Gasteiger partial charge < -0.3 is 16.0 Å². The van der Waals surface area contributed by atoms with Gasteiger partial charge in [-0.2, -0.15) is 10.1 Å². The summed E-state index contributed by atoms with van der Waals surface area (Å²) in [6.07, 6.45) is 1.25. The lowest BCUT2D eigenvalue weighted by Crippen LogP contribution is -2.46. The second-order valence-electron chi connectivity index (χ2n) is 10.9. The number of benzene rings is 2. The Labute approximate surface area is 269 Å². The van der Waals surface area contributed by atoms with Crippen LogP contribution in [0.5, 0.6) is 0 Å². The quantitative estimate of drug-likeness (QED) is 0.189. The molecule has 2 heterocycles. The summed E-state index contributed by atoms with van der Waals surface area (Å²) in [7, 11) is -0.571. The molecule has 3 atom stereocenters. The smallest absolute Gasteiger partial charge is 0.238 e. The average molecular weight is 668 g/mol. The lowest BCUT2D eigenvalue weighted by atomic mass is 10.1. The first-order valence-electron chi connectivity index (χ1n) is 14.4. The summed E-state index contributed by atoms with van der Waals surface area (Å²) >= 11 is 0. The van der Waals surface area contributed by atoms with Gasteiger partial charge in [0.05, 0.1) is 28.2 Å². The van der Waals surface area contributed by atoms with Crippen LogP contribution < -0.4 is 26.0 Å². The van der Waals surface area contributed by atoms with Crippen LogP contribution in [-0.2, 0) is 31.5 Å². The first-order valence-corrected chi connectivity index (χ1v) is 17.4. The number of primary sulfonamides is 1. The highest BCUT2D eigenvalue weighted by molar-refractivity contribution is 7.89. The van der Waals surface area contributed by atoms with Gasteiger partial charge in [-0.15, -0.1) is 0 Å². The number of anilines is 4. The third-order valence-electron chi connectivity index (χ3n) is 7.60. The number of amides is 2. The molecule has 2 amide bonds. The van der Waals surface area contributed by atoms with Crippen LogP contribution in [0.25, 0.3) is 10.9 Å². The van der Waals surface area contributed by atoms with Crippen LogP contribution in [0, 0.1) is 13.8 Å². The van der Waals surface area contributed by atoms with Gasteiger partial charge in [0.15, 0.2) is 5.52 Å². The number of carbonyl (C=O) groups excluding carboxylic acids is 3. The molecule has 0 fully saturated rings. The topological polar surface area (TPSA) is 200 Å². The Bertz CT molecular complexity index is 1910. The van der Waals surface area contributed by atoms with Gasteiger partial charge in [-0.1, -0.05) is 14.6 Å². The van der Waals surface area contributed by atoms with Crippen molar-refractivity contribution in [2.75, 3.05) is 23.5 Å². The fourth-order valence-corrected chi connectivity index (χ4v) is 6.19. The van der Waals surface area contributed by atoms with Crippen molar-refractivity contribution in [2.24, 2.45) is 17.9 Å². The molecule has 5 N–H and O–H groups in total. The van der Waals surface area contributed by atoms with Crippen LogP contribution >= 0.6 is 8.58 Å². The number of rotatable bonds is 12. The summed E-state index contributed by atoms with van der Waals surface area (Å²) in [5, 5.41) is 13.7. The molecule has 0 aliphatic rings. The molecule has 4 aromatic rings. The summed E-state index contributed by atoms with van der Waals surface area (Å²) in [4.78, 5) is 50.8. The van der Waals surface area contributed by atoms with Crippen molar-refractivity contribution < 1.29 is 22.8 Å². The largest absolute Gasteiger partial charge is 0.345 e. The molecule has 0 saturated carbocycles. The third kappa shape index (κ3) is 7.56. The van der Waals surface area contributed by atoms with E-state index in [1.165, 1.54) is 30.2 Å². The zero-order chi connectivity index (χ0) is 33.9. The van der Waals surface area contributed by atoms with E-state index in [1.54, 1.807) is 30.4 Å². The fourth-order valence-electron chi connectivity index (χ4n) is 4.83. The van der Waals surface area contributed by atoms with E-state index in [2.05, 4.69) is 20.4 Å². The van der Waals surface area contributed by atoms with Crippen LogP contribution in [0.4, 0.5) is 23.1 Å². The van der Waals surface area contributed by atoms with Crippen molar-refractivity contribution >= 4 is 70.0 Å². The first kappa shape index (κ1) is 34.6. The van der Waals surface area contributed by atoms with E-state index in [-0.39, 0.29) is 43.5 Å². The van der Waals surface area contributed by atoms with Crippen molar-refractivity contribution in [1.29, 1.82) is 0 Å². The maximum Gasteiger partial charge on any atom is 0.238 e. The molecule has 2 aromatic carbocycles. The van der Waals surface area contributed by atoms with Crippen LogP contribution in [0.3, 0.4) is 0 Å². The second-order valence-corrected chi connectivity index (χ2v) is 13.4. The molecule has 16 heteroatoms. The summed E-state index contributed by atoms with van der Waals surface area (Å²) in [5.41, 5.74) is 8.61. The number of hydrogen-bond acceptors (Lipinski definition) is 10. The monoisotopic (exact) mass is 667 g/mol. The average Bonchev–Trinajstić information content (AvgIpc) is 3.30. The Kier molecular flexibility index (Phi) is 10.5. The van der Waals surface area contributed by atoms with Gasteiger partial charge in [-0.05, 0) is 75.8 Å². The van der Waals surface area contributed by atoms with Crippen molar-refractivity contribution in [1.82, 2.24) is 25.1 Å². The van der Waals surface area contributed by atoms with Crippen molar-refractivity contribution in [3.63, 3.8) is 0 Å². The molecular formula is C30H38N9O5PS. The Morgan fingerprint density at radius 3 is 2.43 bits per heavy atom. The van der Waals surface area contributed by atoms with Crippen molar-refractivity contribution in [2.45, 2.75) is 50.6 Å². The number of fused-ring (bicyclic) bond motifs is 1. The number of aromatic nitrogens is 4. The predicted molar refractivity (Wildman–Crippen MR) is 179 cm³/mol. The third-order valence-corrected chi connectivity index (χ3v) is 9.49. The van der Waals surface area contributed by atoms with Gasteiger partial charge in [0.25, 0.3) is 0 Å². The highest BCUT2D eigenvalue weighted by Crippen LogP contribution is 2.31. The summed E-state index contributed by atoms with van der Waals surface area (Å²) in [5.74, 6) is -0.650. The van der Waals surface area contributed by atoms with Gasteiger partial charge in [0, 0.05) is 43.5 Å². The molecule has 0 radical (unpaired) electrons. The number of sulfonamides is 1. The summed E-state index contributed by atoms with van der Waals surface area (Å²) in [6, 6.07) is 10.1. The van der Waals surface area contributed by atoms with Crippen molar-refractivity contribution in [3.05, 3.63) is 59.9 Å². The molecule has 0 saturated heterocycles. The summed E-state index contributed by atoms with van der Waals surface area (Å²) < 4.78 is 26.6. The highest BCUT2D eigenvalue weighted by atomic mass is 32.2. The van der Waals surface area contributed by atoms with Crippen LogP contribution in [-0.4, -0.2) is 71.3 Å². The van der Waals surface area contributed by atoms with E-state index in [0.29, 0.717) is 11.4 Å². The Morgan fingerprint density at radius 2 is 1.78 bits per heavy atom. The van der Waals surface area contributed by atoms with Crippen LogP contribution in [0.15, 0.2) is 53.6 Å². The minimum absolute atomic E-state index is 0.0233. The standard InChI is InChI=1S/C30H38N9O5PS/c1-17-7-8-21(16-25(17)46(32,43)44)39(27(40)12-11-23(29(42)45-6)34-28(41)18(2)31)30-33-14-13-26(35-30)37(4)20-9-10-22-19(3)38(5)36-24(22)15-20/h7-10,13-16,18,23,45H,11-12,31H2,1-6H3,(H,34,41)(H2,32,43,44)/t18-,23-/m0/s1. The van der Waals surface area contributed by atoms with Gasteiger partial charge in [-0.3, -0.25) is 19.1 Å². The van der Waals surface area contributed by atoms with E-state index < -0.39 is 33.9 Å². The SMILES string of the molecule is CPC(=O)[C@H](CCC(=O)N(c1ccc(C)c(S(N)(=O)=O)c1)c1nccc(N(C)c2ccc3c(C)n(C)nc3c2)n1)NC(=O)[C@H](C)N. The normalized spacial score (nSPS) is 13.1. The van der Waals surface area contributed by atoms with E-state index in [9.17, 15) is 22.8 Å². The number of carbonyl (C=O) groups is 3. The minimum Gasteiger partial charge on any atom is -0.345 e. The Hall–Kier alpha value is -4.30. The Balaban J connectivity index is 1.74. The number of nitrogens with zero attached hydrogens (tertiary/aromatic N) is 6. The van der Waals surface area contributed by atoms with E-state index >= 15 is 0 Å². The predicted octanol–water partition coefficient (Wildman–Crippen LogP) is 2.51. The zero-order valence-corrected chi connectivity index (χ0v) is 28.3. The molecule has 14 nitrogen and oxygen atoms in total. The van der Waals surface area contributed by atoms with Gasteiger partial charge >= 0.3 is 0 Å². The zero-order valence-electron chi connectivity index (χ0n) is 26.5. The minimum atomic E-state index is -4.13. The molecule has 0 aliphatic carbocycles. The maximum atomic E-state index is 14.0. The van der Waals surface area contributed by atoms with Gasteiger partial charge in [0.2, 0.25) is 27.8 Å². The molecule has 0 spiro atoms. The Morgan fingerprint density at radius 1 is 1.09 bits per heavy atom. The lowest BCUT2D eigenvalue weighted by Gasteiger charge is -2.25. The fraction of sp³-hybridized carbons (Fsp3) is 0.333. The molecular weight excluding hydrogens is 629 g/mol. The van der Waals surface area contributed by atoms with Crippen LogP contribution in [0.1, 0.15) is 31.0 Å². The lowest BCUT2D eigenvalue weighted by molar-refractivity contribution is -0.126. The molecule has 2 aromatic heterocycles. The van der Waals surface area contributed by atoms with E-state index in [4.69, 9.17) is 10.9 Å². The molecule has 1 unspecified atom stereocenters. The first-order chi connectivity index (χ1) is 21.6. The van der Waals surface area contributed by atoms with E-state index in [1.807, 2.05) is 44.1 Å². The molecule has 0 aliphatic heterocycles. The maximum absolute atomic E-state index is 14.0. The number of hydrogen-bond donors (Lipinski definition) is 3. The molecule has 4 rings (SSSR count). The van der Waals surface area contributed by atoms with E-state index in [0.717, 1.165) is 22.3 Å². The second kappa shape index (κ2) is 14.0. The van der Waals surface area contributed by atoms with Gasteiger partial charge in [0.1, 0.15) is 5.82 Å².